The van der Waals surface area contributed by atoms with Crippen molar-refractivity contribution in [2.45, 2.75) is 19.4 Å². The molecule has 150 valence electrons. The average Bonchev–Trinajstić information content (AvgIpc) is 2.80. The summed E-state index contributed by atoms with van der Waals surface area (Å²) in [6, 6.07) is 35.8. The van der Waals surface area contributed by atoms with Gasteiger partial charge in [0.25, 0.3) is 0 Å². The molecule has 1 atom stereocenters. The molecule has 4 aromatic carbocycles. The SMILES string of the molecule is ClPc1cc(Cc2ccccc2)cc(Cc2ccccc2)c1OCc1ccccc1. The van der Waals surface area contributed by atoms with Crippen LogP contribution in [0.3, 0.4) is 0 Å². The van der Waals surface area contributed by atoms with Crippen LogP contribution in [0.2, 0.25) is 0 Å². The van der Waals surface area contributed by atoms with Crippen molar-refractivity contribution in [3.05, 3.63) is 131 Å². The monoisotopic (exact) mass is 430 g/mol. The van der Waals surface area contributed by atoms with Gasteiger partial charge in [-0.1, -0.05) is 108 Å². The molecule has 0 bridgehead atoms. The van der Waals surface area contributed by atoms with Crippen molar-refractivity contribution in [1.82, 2.24) is 0 Å². The van der Waals surface area contributed by atoms with Gasteiger partial charge >= 0.3 is 0 Å². The Morgan fingerprint density at radius 1 is 0.600 bits per heavy atom. The molecule has 0 saturated carbocycles. The van der Waals surface area contributed by atoms with Crippen molar-refractivity contribution in [2.24, 2.45) is 0 Å². The molecule has 0 amide bonds. The first-order chi connectivity index (χ1) is 14.8. The van der Waals surface area contributed by atoms with Crippen LogP contribution in [0.25, 0.3) is 0 Å². The van der Waals surface area contributed by atoms with E-state index < -0.39 is 0 Å². The largest absolute Gasteiger partial charge is 0.488 e. The molecule has 0 heterocycles. The lowest BCUT2D eigenvalue weighted by Gasteiger charge is -2.17. The van der Waals surface area contributed by atoms with Gasteiger partial charge in [0.2, 0.25) is 0 Å². The minimum atomic E-state index is 0.158. The quantitative estimate of drug-likeness (QED) is 0.276. The molecule has 0 radical (unpaired) electrons. The van der Waals surface area contributed by atoms with Crippen LogP contribution in [-0.4, -0.2) is 0 Å². The summed E-state index contributed by atoms with van der Waals surface area (Å²) < 4.78 is 6.35. The Labute approximate surface area is 185 Å². The Kier molecular flexibility index (Phi) is 7.19. The standard InChI is InChI=1S/C27H24ClOP/c28-30-26-19-24(16-21-10-4-1-5-11-21)18-25(17-22-12-6-2-7-13-22)27(26)29-20-23-14-8-3-9-15-23/h1-15,18-19,30H,16-17,20H2. The van der Waals surface area contributed by atoms with Gasteiger partial charge in [0, 0.05) is 19.7 Å². The fourth-order valence-corrected chi connectivity index (χ4v) is 4.59. The summed E-state index contributed by atoms with van der Waals surface area (Å²) in [6.07, 6.45) is 1.71. The van der Waals surface area contributed by atoms with Crippen LogP contribution in [0.5, 0.6) is 5.75 Å². The van der Waals surface area contributed by atoms with Crippen molar-refractivity contribution in [3.63, 3.8) is 0 Å². The van der Waals surface area contributed by atoms with Gasteiger partial charge in [-0.3, -0.25) is 0 Å². The van der Waals surface area contributed by atoms with Crippen LogP contribution < -0.4 is 10.0 Å². The third kappa shape index (κ3) is 5.51. The second-order valence-corrected chi connectivity index (χ2v) is 8.62. The highest BCUT2D eigenvalue weighted by Gasteiger charge is 2.14. The molecular formula is C27H24ClOP. The fraction of sp³-hybridized carbons (Fsp3) is 0.111. The van der Waals surface area contributed by atoms with Gasteiger partial charge in [0.05, 0.1) is 0 Å². The molecule has 0 spiro atoms. The van der Waals surface area contributed by atoms with Crippen molar-refractivity contribution in [2.75, 3.05) is 0 Å². The molecule has 4 rings (SSSR count). The van der Waals surface area contributed by atoms with E-state index in [0.29, 0.717) is 6.61 Å². The van der Waals surface area contributed by atoms with E-state index in [4.69, 9.17) is 16.0 Å². The Morgan fingerprint density at radius 3 is 1.70 bits per heavy atom. The molecule has 0 aliphatic rings. The van der Waals surface area contributed by atoms with Gasteiger partial charge in [-0.15, -0.1) is 0 Å². The first-order valence-electron chi connectivity index (χ1n) is 10.1. The summed E-state index contributed by atoms with van der Waals surface area (Å²) in [4.78, 5) is 0. The van der Waals surface area contributed by atoms with E-state index in [1.807, 2.05) is 24.3 Å². The van der Waals surface area contributed by atoms with Crippen LogP contribution in [0, 0.1) is 0 Å². The molecule has 0 aliphatic carbocycles. The lowest BCUT2D eigenvalue weighted by atomic mass is 9.98. The van der Waals surface area contributed by atoms with Gasteiger partial charge in [-0.05, 0) is 40.3 Å². The molecule has 3 heteroatoms. The molecule has 0 N–H and O–H groups in total. The molecule has 4 aromatic rings. The lowest BCUT2D eigenvalue weighted by Crippen LogP contribution is -2.10. The summed E-state index contributed by atoms with van der Waals surface area (Å²) in [6.45, 7) is 0.537. The topological polar surface area (TPSA) is 9.23 Å². The molecule has 0 aromatic heterocycles. The number of ether oxygens (including phenoxy) is 1. The second kappa shape index (κ2) is 10.4. The van der Waals surface area contributed by atoms with Crippen molar-refractivity contribution < 1.29 is 4.74 Å². The highest BCUT2D eigenvalue weighted by atomic mass is 35.7. The van der Waals surface area contributed by atoms with Crippen LogP contribution in [-0.2, 0) is 19.4 Å². The zero-order valence-electron chi connectivity index (χ0n) is 16.7. The van der Waals surface area contributed by atoms with Crippen LogP contribution >= 0.6 is 19.2 Å². The number of halogens is 1. The third-order valence-corrected chi connectivity index (χ3v) is 6.23. The van der Waals surface area contributed by atoms with E-state index >= 15 is 0 Å². The van der Waals surface area contributed by atoms with Gasteiger partial charge < -0.3 is 4.74 Å². The maximum atomic E-state index is 6.41. The summed E-state index contributed by atoms with van der Waals surface area (Å²) in [5, 5.41) is 1.08. The van der Waals surface area contributed by atoms with E-state index in [1.165, 1.54) is 22.3 Å². The number of hydrogen-bond donors (Lipinski definition) is 0. The molecule has 1 nitrogen and oxygen atoms in total. The number of hydrogen-bond acceptors (Lipinski definition) is 1. The number of rotatable bonds is 8. The minimum absolute atomic E-state index is 0.158. The zero-order chi connectivity index (χ0) is 20.6. The van der Waals surface area contributed by atoms with Crippen molar-refractivity contribution in [1.29, 1.82) is 0 Å². The van der Waals surface area contributed by atoms with E-state index in [2.05, 4.69) is 78.9 Å². The fourth-order valence-electron chi connectivity index (χ4n) is 3.61. The Hall–Kier alpha value is -2.60. The molecule has 0 fully saturated rings. The molecule has 1 unspecified atom stereocenters. The van der Waals surface area contributed by atoms with Crippen molar-refractivity contribution in [3.8, 4) is 5.75 Å². The summed E-state index contributed by atoms with van der Waals surface area (Å²) in [5.41, 5.74) is 6.17. The summed E-state index contributed by atoms with van der Waals surface area (Å²) >= 11 is 6.41. The van der Waals surface area contributed by atoms with Gasteiger partial charge in [-0.25, -0.2) is 0 Å². The molecule has 0 saturated heterocycles. The van der Waals surface area contributed by atoms with Gasteiger partial charge in [0.15, 0.2) is 0 Å². The van der Waals surface area contributed by atoms with E-state index in [9.17, 15) is 0 Å². The highest BCUT2D eigenvalue weighted by molar-refractivity contribution is 7.75. The molecule has 0 aliphatic heterocycles. The third-order valence-electron chi connectivity index (χ3n) is 5.04. The molecular weight excluding hydrogens is 407 g/mol. The van der Waals surface area contributed by atoms with E-state index in [-0.39, 0.29) is 7.93 Å². The van der Waals surface area contributed by atoms with Gasteiger partial charge in [0.1, 0.15) is 12.4 Å². The van der Waals surface area contributed by atoms with Crippen LogP contribution in [0.1, 0.15) is 27.8 Å². The maximum Gasteiger partial charge on any atom is 0.131 e. The normalized spacial score (nSPS) is 11.1. The Bertz CT molecular complexity index is 1070. The number of benzene rings is 4. The predicted molar refractivity (Wildman–Crippen MR) is 130 cm³/mol. The Balaban J connectivity index is 1.68. The Morgan fingerprint density at radius 2 is 1.13 bits per heavy atom. The lowest BCUT2D eigenvalue weighted by molar-refractivity contribution is 0.306. The first-order valence-corrected chi connectivity index (χ1v) is 12.1. The second-order valence-electron chi connectivity index (χ2n) is 7.33. The minimum Gasteiger partial charge on any atom is -0.488 e. The average molecular weight is 431 g/mol. The summed E-state index contributed by atoms with van der Waals surface area (Å²) in [7, 11) is 0.158. The highest BCUT2D eigenvalue weighted by Crippen LogP contribution is 2.31. The predicted octanol–water partition coefficient (Wildman–Crippen LogP) is 6.90. The first kappa shape index (κ1) is 20.7. The smallest absolute Gasteiger partial charge is 0.131 e. The van der Waals surface area contributed by atoms with Crippen LogP contribution in [0.15, 0.2) is 103 Å². The van der Waals surface area contributed by atoms with E-state index in [1.54, 1.807) is 0 Å². The zero-order valence-corrected chi connectivity index (χ0v) is 18.5. The summed E-state index contributed by atoms with van der Waals surface area (Å²) in [5.74, 6) is 0.924. The maximum absolute atomic E-state index is 6.41. The van der Waals surface area contributed by atoms with Crippen LogP contribution in [0.4, 0.5) is 0 Å². The molecule has 30 heavy (non-hydrogen) atoms. The van der Waals surface area contributed by atoms with Crippen molar-refractivity contribution >= 4 is 24.5 Å². The van der Waals surface area contributed by atoms with E-state index in [0.717, 1.165) is 29.5 Å². The van der Waals surface area contributed by atoms with Gasteiger partial charge in [-0.2, -0.15) is 0 Å².